The lowest BCUT2D eigenvalue weighted by molar-refractivity contribution is -0.385. The van der Waals surface area contributed by atoms with Crippen LogP contribution in [0.1, 0.15) is 23.7 Å². The van der Waals surface area contributed by atoms with Gasteiger partial charge in [0.15, 0.2) is 0 Å². The van der Waals surface area contributed by atoms with Gasteiger partial charge in [-0.25, -0.2) is 4.98 Å². The lowest BCUT2D eigenvalue weighted by atomic mass is 10.0. The number of nitro benzene ring substituents is 1. The van der Waals surface area contributed by atoms with Crippen LogP contribution in [0.15, 0.2) is 60.8 Å². The SMILES string of the molecule is O=[N+]([O-])c1cc2c(cc1Oc1ccc(F)nc1)C(OPCc1ccccc1)CCO2. The highest BCUT2D eigenvalue weighted by Crippen LogP contribution is 2.45. The molecule has 0 fully saturated rings. The Kier molecular flexibility index (Phi) is 6.16. The molecule has 0 radical (unpaired) electrons. The Morgan fingerprint density at radius 3 is 2.80 bits per heavy atom. The lowest BCUT2D eigenvalue weighted by Crippen LogP contribution is -2.15. The number of halogens is 1. The third-order valence-electron chi connectivity index (χ3n) is 4.55. The van der Waals surface area contributed by atoms with Crippen LogP contribution in [0.5, 0.6) is 17.2 Å². The Bertz CT molecular complexity index is 1030. The van der Waals surface area contributed by atoms with E-state index >= 15 is 0 Å². The molecule has 3 aromatic rings. The van der Waals surface area contributed by atoms with Crippen LogP contribution in [-0.2, 0) is 10.7 Å². The number of nitrogens with zero attached hydrogens (tertiary/aromatic N) is 2. The average molecular weight is 428 g/mol. The van der Waals surface area contributed by atoms with Gasteiger partial charge in [0.1, 0.15) is 11.5 Å². The smallest absolute Gasteiger partial charge is 0.315 e. The summed E-state index contributed by atoms with van der Waals surface area (Å²) in [6, 6.07) is 15.4. The fourth-order valence-electron chi connectivity index (χ4n) is 3.09. The second-order valence-corrected chi connectivity index (χ2v) is 7.46. The van der Waals surface area contributed by atoms with E-state index in [9.17, 15) is 14.5 Å². The first kappa shape index (κ1) is 20.2. The molecule has 154 valence electrons. The summed E-state index contributed by atoms with van der Waals surface area (Å²) in [6.07, 6.45) is 2.32. The zero-order chi connectivity index (χ0) is 20.9. The van der Waals surface area contributed by atoms with Gasteiger partial charge in [-0.1, -0.05) is 30.3 Å². The van der Waals surface area contributed by atoms with Crippen molar-refractivity contribution in [1.82, 2.24) is 4.98 Å². The van der Waals surface area contributed by atoms with Gasteiger partial charge in [0, 0.05) is 27.0 Å². The molecule has 2 unspecified atom stereocenters. The molecule has 4 rings (SSSR count). The van der Waals surface area contributed by atoms with Gasteiger partial charge in [0.05, 0.1) is 29.9 Å². The number of rotatable bonds is 7. The van der Waals surface area contributed by atoms with Crippen LogP contribution in [0.2, 0.25) is 0 Å². The summed E-state index contributed by atoms with van der Waals surface area (Å²) in [5, 5.41) is 11.5. The molecule has 2 aromatic carbocycles. The predicted octanol–water partition coefficient (Wildman–Crippen LogP) is 5.56. The van der Waals surface area contributed by atoms with Gasteiger partial charge in [-0.2, -0.15) is 4.39 Å². The molecule has 0 saturated heterocycles. The molecule has 0 N–H and O–H groups in total. The number of nitro groups is 1. The highest BCUT2D eigenvalue weighted by molar-refractivity contribution is 7.31. The van der Waals surface area contributed by atoms with E-state index in [1.807, 2.05) is 30.3 Å². The highest BCUT2D eigenvalue weighted by Gasteiger charge is 2.28. The van der Waals surface area contributed by atoms with Crippen molar-refractivity contribution >= 4 is 14.5 Å². The molecule has 1 aliphatic rings. The van der Waals surface area contributed by atoms with E-state index in [2.05, 4.69) is 4.98 Å². The number of benzene rings is 2. The molecule has 30 heavy (non-hydrogen) atoms. The van der Waals surface area contributed by atoms with Crippen LogP contribution in [0.4, 0.5) is 10.1 Å². The third-order valence-corrected chi connectivity index (χ3v) is 5.55. The number of hydrogen-bond donors (Lipinski definition) is 0. The van der Waals surface area contributed by atoms with Gasteiger partial charge in [-0.15, -0.1) is 0 Å². The second-order valence-electron chi connectivity index (χ2n) is 6.58. The fraction of sp³-hybridized carbons (Fsp3) is 0.190. The first-order chi connectivity index (χ1) is 14.6. The topological polar surface area (TPSA) is 83.7 Å². The number of fused-ring (bicyclic) bond motifs is 1. The molecular formula is C21H18FN2O5P. The minimum atomic E-state index is -0.663. The summed E-state index contributed by atoms with van der Waals surface area (Å²) in [5.74, 6) is -0.0344. The number of pyridine rings is 1. The van der Waals surface area contributed by atoms with E-state index in [4.69, 9.17) is 14.0 Å². The molecule has 0 bridgehead atoms. The van der Waals surface area contributed by atoms with Crippen molar-refractivity contribution in [3.05, 3.63) is 88.0 Å². The molecule has 7 nitrogen and oxygen atoms in total. The van der Waals surface area contributed by atoms with Gasteiger partial charge < -0.3 is 14.0 Å². The summed E-state index contributed by atoms with van der Waals surface area (Å²) in [5.41, 5.74) is 1.63. The summed E-state index contributed by atoms with van der Waals surface area (Å²) in [4.78, 5) is 14.5. The Morgan fingerprint density at radius 2 is 2.07 bits per heavy atom. The average Bonchev–Trinajstić information content (AvgIpc) is 2.76. The van der Waals surface area contributed by atoms with E-state index in [0.29, 0.717) is 24.3 Å². The van der Waals surface area contributed by atoms with Gasteiger partial charge in [0.25, 0.3) is 0 Å². The Labute approximate surface area is 173 Å². The quantitative estimate of drug-likeness (QED) is 0.212. The van der Waals surface area contributed by atoms with E-state index in [1.54, 1.807) is 6.07 Å². The molecule has 0 saturated carbocycles. The zero-order valence-corrected chi connectivity index (χ0v) is 16.8. The Morgan fingerprint density at radius 1 is 1.23 bits per heavy atom. The Balaban J connectivity index is 1.56. The van der Waals surface area contributed by atoms with E-state index in [-0.39, 0.29) is 32.1 Å². The molecule has 0 aliphatic carbocycles. The lowest BCUT2D eigenvalue weighted by Gasteiger charge is -2.26. The first-order valence-corrected chi connectivity index (χ1v) is 10.4. The van der Waals surface area contributed by atoms with Crippen molar-refractivity contribution in [3.8, 4) is 17.2 Å². The normalized spacial score (nSPS) is 15.6. The summed E-state index contributed by atoms with van der Waals surface area (Å²) in [6.45, 7) is 0.409. The number of aromatic nitrogens is 1. The minimum absolute atomic E-state index is 0.0256. The predicted molar refractivity (Wildman–Crippen MR) is 110 cm³/mol. The van der Waals surface area contributed by atoms with Crippen LogP contribution in [0.25, 0.3) is 0 Å². The maximum Gasteiger partial charge on any atom is 0.315 e. The molecule has 2 heterocycles. The largest absolute Gasteiger partial charge is 0.493 e. The molecule has 2 atom stereocenters. The first-order valence-electron chi connectivity index (χ1n) is 9.27. The summed E-state index contributed by atoms with van der Waals surface area (Å²) in [7, 11) is 0.232. The molecule has 1 aromatic heterocycles. The van der Waals surface area contributed by atoms with Crippen molar-refractivity contribution in [3.63, 3.8) is 0 Å². The molecule has 9 heteroatoms. The maximum absolute atomic E-state index is 13.0. The number of hydrogen-bond acceptors (Lipinski definition) is 6. The van der Waals surface area contributed by atoms with E-state index in [0.717, 1.165) is 12.2 Å². The van der Waals surface area contributed by atoms with Crippen molar-refractivity contribution in [2.45, 2.75) is 18.7 Å². The summed E-state index contributed by atoms with van der Waals surface area (Å²) < 4.78 is 30.4. The monoisotopic (exact) mass is 428 g/mol. The van der Waals surface area contributed by atoms with Crippen LogP contribution in [0.3, 0.4) is 0 Å². The molecule has 0 amide bonds. The maximum atomic E-state index is 13.0. The van der Waals surface area contributed by atoms with Crippen molar-refractivity contribution in [1.29, 1.82) is 0 Å². The van der Waals surface area contributed by atoms with E-state index in [1.165, 1.54) is 23.9 Å². The van der Waals surface area contributed by atoms with Gasteiger partial charge in [-0.05, 0) is 23.8 Å². The van der Waals surface area contributed by atoms with Crippen molar-refractivity contribution < 1.29 is 23.3 Å². The van der Waals surface area contributed by atoms with Gasteiger partial charge in [0.2, 0.25) is 11.7 Å². The Hall–Kier alpha value is -3.09. The van der Waals surface area contributed by atoms with E-state index < -0.39 is 10.9 Å². The number of ether oxygens (including phenoxy) is 2. The van der Waals surface area contributed by atoms with Crippen LogP contribution in [-0.4, -0.2) is 16.5 Å². The van der Waals surface area contributed by atoms with Crippen LogP contribution < -0.4 is 9.47 Å². The zero-order valence-electron chi connectivity index (χ0n) is 15.8. The van der Waals surface area contributed by atoms with Gasteiger partial charge >= 0.3 is 5.69 Å². The van der Waals surface area contributed by atoms with Crippen LogP contribution in [0, 0.1) is 16.1 Å². The molecule has 0 spiro atoms. The minimum Gasteiger partial charge on any atom is -0.493 e. The van der Waals surface area contributed by atoms with Gasteiger partial charge in [-0.3, -0.25) is 10.1 Å². The highest BCUT2D eigenvalue weighted by atomic mass is 31.1. The standard InChI is InChI=1S/C21H18FN2O5P/c22-21-7-6-15(12-23-21)28-20-10-16-18(29-30-13-14-4-2-1-3-5-14)8-9-27-19(16)11-17(20)24(25)26/h1-7,10-12,18,30H,8-9,13H2. The van der Waals surface area contributed by atoms with Crippen molar-refractivity contribution in [2.24, 2.45) is 0 Å². The summed E-state index contributed by atoms with van der Waals surface area (Å²) >= 11 is 0. The van der Waals surface area contributed by atoms with Crippen LogP contribution >= 0.6 is 8.81 Å². The third kappa shape index (κ3) is 4.72. The second kappa shape index (κ2) is 9.15. The molecular weight excluding hydrogens is 410 g/mol. The fourth-order valence-corrected chi connectivity index (χ4v) is 4.02. The van der Waals surface area contributed by atoms with Crippen molar-refractivity contribution in [2.75, 3.05) is 6.61 Å². The molecule has 1 aliphatic heterocycles.